The average Bonchev–Trinajstić information content (AvgIpc) is 2.36. The van der Waals surface area contributed by atoms with Crippen molar-refractivity contribution in [1.29, 1.82) is 0 Å². The maximum Gasteiger partial charge on any atom is 0.389 e. The van der Waals surface area contributed by atoms with E-state index in [1.165, 1.54) is 19.2 Å². The summed E-state index contributed by atoms with van der Waals surface area (Å²) < 4.78 is 40.8. The van der Waals surface area contributed by atoms with Crippen molar-refractivity contribution in [2.75, 3.05) is 19.4 Å². The first-order valence-electron chi connectivity index (χ1n) is 6.12. The Bertz CT molecular complexity index is 461. The van der Waals surface area contributed by atoms with Crippen LogP contribution in [0.5, 0.6) is 5.75 Å². The minimum absolute atomic E-state index is 0.0113. The first kappa shape index (κ1) is 16.1. The van der Waals surface area contributed by atoms with Gasteiger partial charge in [-0.2, -0.15) is 13.2 Å². The Kier molecular flexibility index (Phi) is 5.66. The molecule has 0 aliphatic carbocycles. The minimum Gasteiger partial charge on any atom is -0.496 e. The predicted octanol–water partition coefficient (Wildman–Crippen LogP) is 2.74. The van der Waals surface area contributed by atoms with Gasteiger partial charge >= 0.3 is 6.18 Å². The lowest BCUT2D eigenvalue weighted by atomic mass is 10.1. The van der Waals surface area contributed by atoms with Gasteiger partial charge in [0, 0.05) is 24.7 Å². The third-order valence-corrected chi connectivity index (χ3v) is 2.64. The summed E-state index contributed by atoms with van der Waals surface area (Å²) in [6, 6.07) is 4.58. The molecule has 0 bridgehead atoms. The molecule has 112 valence electrons. The highest BCUT2D eigenvalue weighted by Gasteiger charge is 2.25. The van der Waals surface area contributed by atoms with Crippen molar-refractivity contribution in [1.82, 2.24) is 5.32 Å². The Labute approximate surface area is 115 Å². The van der Waals surface area contributed by atoms with E-state index in [-0.39, 0.29) is 19.4 Å². The van der Waals surface area contributed by atoms with Crippen LogP contribution in [-0.4, -0.2) is 25.7 Å². The number of halogens is 3. The Morgan fingerprint density at radius 3 is 2.65 bits per heavy atom. The van der Waals surface area contributed by atoms with Gasteiger partial charge in [-0.3, -0.25) is 4.79 Å². The number of hydrogen-bond donors (Lipinski definition) is 2. The minimum atomic E-state index is -4.15. The Morgan fingerprint density at radius 2 is 2.05 bits per heavy atom. The van der Waals surface area contributed by atoms with Crippen molar-refractivity contribution < 1.29 is 22.7 Å². The summed E-state index contributed by atoms with van der Waals surface area (Å²) in [5.74, 6) is -0.0633. The van der Waals surface area contributed by atoms with Gasteiger partial charge in [-0.1, -0.05) is 0 Å². The van der Waals surface area contributed by atoms with Gasteiger partial charge in [-0.25, -0.2) is 0 Å². The molecule has 0 unspecified atom stereocenters. The molecule has 0 aliphatic rings. The van der Waals surface area contributed by atoms with E-state index in [9.17, 15) is 18.0 Å². The van der Waals surface area contributed by atoms with Gasteiger partial charge in [0.1, 0.15) is 5.75 Å². The second-order valence-electron chi connectivity index (χ2n) is 4.29. The zero-order valence-corrected chi connectivity index (χ0v) is 11.1. The van der Waals surface area contributed by atoms with Crippen LogP contribution in [0.2, 0.25) is 0 Å². The Morgan fingerprint density at radius 1 is 1.35 bits per heavy atom. The molecule has 1 rings (SSSR count). The van der Waals surface area contributed by atoms with Gasteiger partial charge in [-0.15, -0.1) is 0 Å². The number of hydrogen-bond acceptors (Lipinski definition) is 3. The standard InChI is InChI=1S/C13H17F3N2O2/c1-20-11-8-9(17)4-5-10(11)12(19)18-7-3-2-6-13(14,15)16/h4-5,8H,2-3,6-7,17H2,1H3,(H,18,19). The number of amides is 1. The molecule has 4 nitrogen and oxygen atoms in total. The number of alkyl halides is 3. The van der Waals surface area contributed by atoms with Crippen LogP contribution in [0.4, 0.5) is 18.9 Å². The third kappa shape index (κ3) is 5.38. The quantitative estimate of drug-likeness (QED) is 0.625. The number of carbonyl (C=O) groups excluding carboxylic acids is 1. The number of nitrogens with one attached hydrogen (secondary N) is 1. The number of benzene rings is 1. The van der Waals surface area contributed by atoms with Gasteiger partial charge in [0.25, 0.3) is 5.91 Å². The molecule has 0 radical (unpaired) electrons. The van der Waals surface area contributed by atoms with Crippen LogP contribution in [0.1, 0.15) is 29.6 Å². The fourth-order valence-electron chi connectivity index (χ4n) is 1.64. The normalized spacial score (nSPS) is 11.2. The number of nitrogen functional groups attached to an aromatic ring is 1. The molecule has 0 aliphatic heterocycles. The van der Waals surface area contributed by atoms with E-state index in [4.69, 9.17) is 10.5 Å². The van der Waals surface area contributed by atoms with Crippen LogP contribution in [-0.2, 0) is 0 Å². The molecule has 20 heavy (non-hydrogen) atoms. The van der Waals surface area contributed by atoms with Crippen molar-refractivity contribution in [3.05, 3.63) is 23.8 Å². The van der Waals surface area contributed by atoms with Crippen LogP contribution >= 0.6 is 0 Å². The molecule has 1 amide bonds. The van der Waals surface area contributed by atoms with Crippen molar-refractivity contribution in [3.8, 4) is 5.75 Å². The lowest BCUT2D eigenvalue weighted by Gasteiger charge is -2.10. The summed E-state index contributed by atoms with van der Waals surface area (Å²) in [4.78, 5) is 11.8. The zero-order chi connectivity index (χ0) is 15.2. The number of methoxy groups -OCH3 is 1. The maximum atomic E-state index is 11.9. The smallest absolute Gasteiger partial charge is 0.389 e. The topological polar surface area (TPSA) is 64.3 Å². The Hall–Kier alpha value is -1.92. The second kappa shape index (κ2) is 7.02. The van der Waals surface area contributed by atoms with Gasteiger partial charge in [-0.05, 0) is 25.0 Å². The second-order valence-corrected chi connectivity index (χ2v) is 4.29. The van der Waals surface area contributed by atoms with Crippen molar-refractivity contribution in [2.45, 2.75) is 25.4 Å². The molecular weight excluding hydrogens is 273 g/mol. The summed E-state index contributed by atoms with van der Waals surface area (Å²) in [6.07, 6.45) is -4.73. The number of carbonyl (C=O) groups is 1. The highest BCUT2D eigenvalue weighted by Crippen LogP contribution is 2.22. The lowest BCUT2D eigenvalue weighted by molar-refractivity contribution is -0.135. The Balaban J connectivity index is 2.44. The summed E-state index contributed by atoms with van der Waals surface area (Å²) in [5.41, 5.74) is 6.33. The van der Waals surface area contributed by atoms with Gasteiger partial charge in [0.05, 0.1) is 12.7 Å². The molecule has 0 saturated carbocycles. The van der Waals surface area contributed by atoms with E-state index >= 15 is 0 Å². The molecule has 1 aromatic rings. The molecule has 0 spiro atoms. The highest BCUT2D eigenvalue weighted by atomic mass is 19.4. The summed E-state index contributed by atoms with van der Waals surface area (Å²) in [7, 11) is 1.41. The lowest BCUT2D eigenvalue weighted by Crippen LogP contribution is -2.25. The number of unbranched alkanes of at least 4 members (excludes halogenated alkanes) is 1. The average molecular weight is 290 g/mol. The predicted molar refractivity (Wildman–Crippen MR) is 69.6 cm³/mol. The van der Waals surface area contributed by atoms with Crippen LogP contribution in [0, 0.1) is 0 Å². The number of anilines is 1. The maximum absolute atomic E-state index is 11.9. The van der Waals surface area contributed by atoms with E-state index in [1.807, 2.05) is 0 Å². The van der Waals surface area contributed by atoms with E-state index in [0.29, 0.717) is 17.0 Å². The summed E-state index contributed by atoms with van der Waals surface area (Å²) in [5, 5.41) is 2.55. The first-order chi connectivity index (χ1) is 9.33. The highest BCUT2D eigenvalue weighted by molar-refractivity contribution is 5.97. The molecule has 0 fully saturated rings. The van der Waals surface area contributed by atoms with Crippen molar-refractivity contribution in [3.63, 3.8) is 0 Å². The molecule has 7 heteroatoms. The SMILES string of the molecule is COc1cc(N)ccc1C(=O)NCCCCC(F)(F)F. The number of rotatable bonds is 6. The third-order valence-electron chi connectivity index (χ3n) is 2.64. The van der Waals surface area contributed by atoms with Crippen LogP contribution in [0.15, 0.2) is 18.2 Å². The molecule has 3 N–H and O–H groups in total. The van der Waals surface area contributed by atoms with Crippen LogP contribution in [0.25, 0.3) is 0 Å². The molecule has 1 aromatic carbocycles. The summed E-state index contributed by atoms with van der Waals surface area (Å²) >= 11 is 0. The summed E-state index contributed by atoms with van der Waals surface area (Å²) in [6.45, 7) is 0.183. The van der Waals surface area contributed by atoms with Crippen molar-refractivity contribution >= 4 is 11.6 Å². The van der Waals surface area contributed by atoms with Crippen molar-refractivity contribution in [2.24, 2.45) is 0 Å². The molecule has 0 atom stereocenters. The number of ether oxygens (including phenoxy) is 1. The monoisotopic (exact) mass is 290 g/mol. The van der Waals surface area contributed by atoms with E-state index in [2.05, 4.69) is 5.32 Å². The fraction of sp³-hybridized carbons (Fsp3) is 0.462. The van der Waals surface area contributed by atoms with E-state index < -0.39 is 18.5 Å². The van der Waals surface area contributed by atoms with E-state index in [1.54, 1.807) is 6.07 Å². The van der Waals surface area contributed by atoms with Gasteiger partial charge in [0.15, 0.2) is 0 Å². The fourth-order valence-corrected chi connectivity index (χ4v) is 1.64. The molecular formula is C13H17F3N2O2. The zero-order valence-electron chi connectivity index (χ0n) is 11.1. The molecule has 0 saturated heterocycles. The largest absolute Gasteiger partial charge is 0.496 e. The molecule has 0 heterocycles. The van der Waals surface area contributed by atoms with Gasteiger partial charge < -0.3 is 15.8 Å². The van der Waals surface area contributed by atoms with Gasteiger partial charge in [0.2, 0.25) is 0 Å². The van der Waals surface area contributed by atoms with Crippen LogP contribution < -0.4 is 15.8 Å². The van der Waals surface area contributed by atoms with Crippen LogP contribution in [0.3, 0.4) is 0 Å². The number of nitrogens with two attached hydrogens (primary N) is 1. The molecule has 0 aromatic heterocycles. The first-order valence-corrected chi connectivity index (χ1v) is 6.12. The van der Waals surface area contributed by atoms with E-state index in [0.717, 1.165) is 0 Å².